The molecular weight excluding hydrogens is 278 g/mol. The van der Waals surface area contributed by atoms with Crippen LogP contribution in [0.5, 0.6) is 0 Å². The Hall–Kier alpha value is -0.380. The number of ether oxygens (including phenoxy) is 1. The number of hydrogen-bond acceptors (Lipinski definition) is 3. The number of rotatable bonds is 5. The van der Waals surface area contributed by atoms with Crippen molar-refractivity contribution >= 4 is 11.3 Å². The smallest absolute Gasteiger partial charge is 0.0956 e. The number of thiophene rings is 1. The summed E-state index contributed by atoms with van der Waals surface area (Å²) in [5.41, 5.74) is 0.239. The molecule has 0 spiro atoms. The third-order valence-corrected chi connectivity index (χ3v) is 5.62. The highest BCUT2D eigenvalue weighted by molar-refractivity contribution is 7.12. The van der Waals surface area contributed by atoms with Gasteiger partial charge in [0.2, 0.25) is 0 Å². The van der Waals surface area contributed by atoms with E-state index in [0.29, 0.717) is 17.9 Å². The summed E-state index contributed by atoms with van der Waals surface area (Å²) in [4.78, 5) is 2.87. The Balaban J connectivity index is 2.02. The van der Waals surface area contributed by atoms with Crippen molar-refractivity contribution in [2.45, 2.75) is 59.0 Å². The van der Waals surface area contributed by atoms with E-state index in [1.54, 1.807) is 0 Å². The molecule has 0 amide bonds. The van der Waals surface area contributed by atoms with Gasteiger partial charge in [-0.05, 0) is 42.9 Å². The molecule has 1 saturated heterocycles. The molecule has 0 radical (unpaired) electrons. The molecule has 1 aliphatic heterocycles. The first-order valence-corrected chi connectivity index (χ1v) is 9.12. The largest absolute Gasteiger partial charge is 0.372 e. The first kappa shape index (κ1) is 17.0. The summed E-state index contributed by atoms with van der Waals surface area (Å²) in [5.74, 6) is 1.33. The fraction of sp³-hybridized carbons (Fsp3) is 0.778. The highest BCUT2D eigenvalue weighted by Crippen LogP contribution is 2.39. The summed E-state index contributed by atoms with van der Waals surface area (Å²) in [6.45, 7) is 14.5. The summed E-state index contributed by atoms with van der Waals surface area (Å²) in [7, 11) is 0. The van der Waals surface area contributed by atoms with Crippen molar-refractivity contribution < 1.29 is 4.74 Å². The lowest BCUT2D eigenvalue weighted by Gasteiger charge is -2.31. The molecule has 1 aromatic heterocycles. The Bertz CT molecular complexity index is 433. The first-order chi connectivity index (χ1) is 9.88. The van der Waals surface area contributed by atoms with Crippen LogP contribution < -0.4 is 5.32 Å². The molecule has 120 valence electrons. The van der Waals surface area contributed by atoms with Crippen LogP contribution >= 0.6 is 11.3 Å². The van der Waals surface area contributed by atoms with E-state index in [1.807, 2.05) is 11.3 Å². The maximum Gasteiger partial charge on any atom is 0.0956 e. The fourth-order valence-electron chi connectivity index (χ4n) is 2.83. The van der Waals surface area contributed by atoms with Gasteiger partial charge in [-0.25, -0.2) is 0 Å². The van der Waals surface area contributed by atoms with Crippen molar-refractivity contribution in [3.63, 3.8) is 0 Å². The van der Waals surface area contributed by atoms with Crippen LogP contribution in [0, 0.1) is 11.8 Å². The predicted molar refractivity (Wildman–Crippen MR) is 92.1 cm³/mol. The van der Waals surface area contributed by atoms with E-state index in [4.69, 9.17) is 4.74 Å². The highest BCUT2D eigenvalue weighted by atomic mass is 32.1. The Morgan fingerprint density at radius 2 is 2.10 bits per heavy atom. The first-order valence-electron chi connectivity index (χ1n) is 8.30. The average molecular weight is 310 g/mol. The Kier molecular flexibility index (Phi) is 5.87. The summed E-state index contributed by atoms with van der Waals surface area (Å²) in [6, 6.07) is 4.58. The second-order valence-corrected chi connectivity index (χ2v) is 8.81. The molecule has 2 rings (SSSR count). The van der Waals surface area contributed by atoms with Crippen LogP contribution in [0.4, 0.5) is 0 Å². The van der Waals surface area contributed by atoms with Gasteiger partial charge in [0.25, 0.3) is 0 Å². The molecule has 2 unspecified atom stereocenters. The van der Waals surface area contributed by atoms with E-state index in [0.717, 1.165) is 19.7 Å². The van der Waals surface area contributed by atoms with E-state index in [2.05, 4.69) is 52.1 Å². The van der Waals surface area contributed by atoms with Gasteiger partial charge in [-0.1, -0.05) is 34.6 Å². The minimum atomic E-state index is 0.239. The van der Waals surface area contributed by atoms with Crippen molar-refractivity contribution in [3.8, 4) is 0 Å². The van der Waals surface area contributed by atoms with Gasteiger partial charge in [0, 0.05) is 28.8 Å². The molecule has 1 aromatic rings. The van der Waals surface area contributed by atoms with Crippen LogP contribution in [0.15, 0.2) is 12.1 Å². The molecule has 0 saturated carbocycles. The highest BCUT2D eigenvalue weighted by Gasteiger charge is 2.29. The van der Waals surface area contributed by atoms with E-state index < -0.39 is 0 Å². The predicted octanol–water partition coefficient (Wildman–Crippen LogP) is 4.76. The normalized spacial score (nSPS) is 23.7. The molecule has 2 atom stereocenters. The molecular formula is C18H31NOS. The second kappa shape index (κ2) is 7.26. The van der Waals surface area contributed by atoms with Crippen molar-refractivity contribution in [2.24, 2.45) is 11.8 Å². The van der Waals surface area contributed by atoms with Crippen molar-refractivity contribution in [1.82, 2.24) is 5.32 Å². The molecule has 2 nitrogen and oxygen atoms in total. The summed E-state index contributed by atoms with van der Waals surface area (Å²) >= 11 is 1.94. The van der Waals surface area contributed by atoms with Gasteiger partial charge in [-0.3, -0.25) is 0 Å². The van der Waals surface area contributed by atoms with Crippen LogP contribution in [-0.4, -0.2) is 19.7 Å². The summed E-state index contributed by atoms with van der Waals surface area (Å²) in [6.07, 6.45) is 2.76. The van der Waals surface area contributed by atoms with Crippen LogP contribution in [0.2, 0.25) is 0 Å². The minimum Gasteiger partial charge on any atom is -0.372 e. The number of nitrogens with one attached hydrogen (secondary N) is 1. The quantitative estimate of drug-likeness (QED) is 0.847. The van der Waals surface area contributed by atoms with Gasteiger partial charge >= 0.3 is 0 Å². The lowest BCUT2D eigenvalue weighted by atomic mass is 9.92. The Morgan fingerprint density at radius 3 is 2.71 bits per heavy atom. The Labute approximate surface area is 134 Å². The molecule has 1 N–H and O–H groups in total. The third-order valence-electron chi connectivity index (χ3n) is 4.05. The third kappa shape index (κ3) is 4.80. The van der Waals surface area contributed by atoms with Crippen LogP contribution in [0.25, 0.3) is 0 Å². The minimum absolute atomic E-state index is 0.239. The van der Waals surface area contributed by atoms with Gasteiger partial charge in [-0.2, -0.15) is 0 Å². The zero-order valence-electron chi connectivity index (χ0n) is 14.2. The van der Waals surface area contributed by atoms with Gasteiger partial charge in [0.15, 0.2) is 0 Å². The molecule has 21 heavy (non-hydrogen) atoms. The molecule has 0 aliphatic carbocycles. The van der Waals surface area contributed by atoms with E-state index in [-0.39, 0.29) is 5.41 Å². The lowest BCUT2D eigenvalue weighted by Crippen LogP contribution is -2.33. The van der Waals surface area contributed by atoms with Crippen molar-refractivity contribution in [2.75, 3.05) is 19.7 Å². The lowest BCUT2D eigenvalue weighted by molar-refractivity contribution is -0.0257. The van der Waals surface area contributed by atoms with E-state index >= 15 is 0 Å². The fourth-order valence-corrected chi connectivity index (χ4v) is 4.04. The SMILES string of the molecule is CC(C)CNCC1CCCOC1c1ccc(C(C)(C)C)s1. The number of hydrogen-bond donors (Lipinski definition) is 1. The molecule has 3 heteroatoms. The topological polar surface area (TPSA) is 21.3 Å². The molecule has 0 aromatic carbocycles. The maximum absolute atomic E-state index is 6.13. The second-order valence-electron chi connectivity index (χ2n) is 7.70. The average Bonchev–Trinajstić information content (AvgIpc) is 2.88. The van der Waals surface area contributed by atoms with Gasteiger partial charge in [-0.15, -0.1) is 11.3 Å². The van der Waals surface area contributed by atoms with Gasteiger partial charge in [0.05, 0.1) is 6.10 Å². The van der Waals surface area contributed by atoms with Crippen molar-refractivity contribution in [1.29, 1.82) is 0 Å². The summed E-state index contributed by atoms with van der Waals surface area (Å²) < 4.78 is 6.13. The van der Waals surface area contributed by atoms with Gasteiger partial charge in [0.1, 0.15) is 0 Å². The molecule has 1 aliphatic rings. The Morgan fingerprint density at radius 1 is 1.33 bits per heavy atom. The van der Waals surface area contributed by atoms with E-state index in [9.17, 15) is 0 Å². The maximum atomic E-state index is 6.13. The standard InChI is InChI=1S/C18H31NOS/c1-13(2)11-19-12-14-7-6-10-20-17(14)15-8-9-16(21-15)18(3,4)5/h8-9,13-14,17,19H,6-7,10-12H2,1-5H3. The molecule has 2 heterocycles. The van der Waals surface area contributed by atoms with Crippen LogP contribution in [0.3, 0.4) is 0 Å². The zero-order chi connectivity index (χ0) is 15.5. The van der Waals surface area contributed by atoms with Crippen molar-refractivity contribution in [3.05, 3.63) is 21.9 Å². The zero-order valence-corrected chi connectivity index (χ0v) is 15.1. The summed E-state index contributed by atoms with van der Waals surface area (Å²) in [5, 5.41) is 3.62. The monoisotopic (exact) mass is 309 g/mol. The van der Waals surface area contributed by atoms with Gasteiger partial charge < -0.3 is 10.1 Å². The molecule has 1 fully saturated rings. The van der Waals surface area contributed by atoms with Crippen LogP contribution in [0.1, 0.15) is 63.3 Å². The molecule has 0 bridgehead atoms. The van der Waals surface area contributed by atoms with Crippen LogP contribution in [-0.2, 0) is 10.2 Å². The van der Waals surface area contributed by atoms with E-state index in [1.165, 1.54) is 22.6 Å².